The molecule has 4 heterocycles. The van der Waals surface area contributed by atoms with Crippen molar-refractivity contribution in [3.8, 4) is 40.2 Å². The third-order valence-electron chi connectivity index (χ3n) is 6.48. The molecule has 0 atom stereocenters. The van der Waals surface area contributed by atoms with Crippen LogP contribution >= 0.6 is 0 Å². The number of nitrogens with two attached hydrogens (primary N) is 1. The number of carbonyl (C=O) groups is 1. The van der Waals surface area contributed by atoms with Crippen LogP contribution in [0.25, 0.3) is 33.9 Å². The van der Waals surface area contributed by atoms with E-state index in [0.717, 1.165) is 47.5 Å². The van der Waals surface area contributed by atoms with Gasteiger partial charge in [-0.15, -0.1) is 5.10 Å². The molecule has 11 nitrogen and oxygen atoms in total. The van der Waals surface area contributed by atoms with E-state index in [1.54, 1.807) is 24.3 Å². The lowest BCUT2D eigenvalue weighted by Gasteiger charge is -2.17. The van der Waals surface area contributed by atoms with Crippen LogP contribution in [0.1, 0.15) is 39.2 Å². The predicted octanol–water partition coefficient (Wildman–Crippen LogP) is 5.25. The quantitative estimate of drug-likeness (QED) is 0.255. The second kappa shape index (κ2) is 14.8. The lowest BCUT2D eigenvalue weighted by Crippen LogP contribution is -2.09. The maximum Gasteiger partial charge on any atom is 0.204 e. The van der Waals surface area contributed by atoms with Gasteiger partial charge in [-0.2, -0.15) is 0 Å². The minimum Gasteiger partial charge on any atom is -0.497 e. The molecule has 1 amide bonds. The average molecular weight is 590 g/mol. The number of rotatable bonds is 7. The van der Waals surface area contributed by atoms with Crippen molar-refractivity contribution in [1.29, 1.82) is 0 Å². The molecule has 226 valence electrons. The van der Waals surface area contributed by atoms with E-state index in [1.165, 1.54) is 6.07 Å². The number of pyridine rings is 1. The Morgan fingerprint density at radius 1 is 1.09 bits per heavy atom. The van der Waals surface area contributed by atoms with Crippen LogP contribution in [0.2, 0.25) is 0 Å². The molecule has 0 spiro atoms. The monoisotopic (exact) mass is 589 g/mol. The van der Waals surface area contributed by atoms with Crippen molar-refractivity contribution in [2.24, 2.45) is 5.73 Å². The molecule has 6 rings (SSSR count). The van der Waals surface area contributed by atoms with Gasteiger partial charge in [0.2, 0.25) is 12.2 Å². The third kappa shape index (κ3) is 7.08. The van der Waals surface area contributed by atoms with Gasteiger partial charge in [0, 0.05) is 30.4 Å². The number of ether oxygens (including phenoxy) is 3. The summed E-state index contributed by atoms with van der Waals surface area (Å²) in [6.07, 6.45) is 5.28. The maximum absolute atomic E-state index is 15.4. The summed E-state index contributed by atoms with van der Waals surface area (Å²) in [6, 6.07) is 12.9. The highest BCUT2D eigenvalue weighted by Gasteiger charge is 2.22. The summed E-state index contributed by atoms with van der Waals surface area (Å²) in [5.74, 6) is 2.55. The van der Waals surface area contributed by atoms with Crippen LogP contribution in [0.15, 0.2) is 55.0 Å². The van der Waals surface area contributed by atoms with Crippen molar-refractivity contribution in [2.75, 3.05) is 20.3 Å². The molecule has 1 aliphatic heterocycles. The van der Waals surface area contributed by atoms with Gasteiger partial charge in [0.15, 0.2) is 5.82 Å². The SMILES string of the molecule is CC.CCOc1cc2c3c(c1)nc(-c1cnc(-c4ncn(Cc5ccc(OC)cc5)n4)c(F)c1)n3CCCCO2.NC=O. The van der Waals surface area contributed by atoms with Crippen LogP contribution < -0.4 is 19.9 Å². The number of methoxy groups -OCH3 is 1. The zero-order valence-electron chi connectivity index (χ0n) is 24.8. The number of nitrogens with zero attached hydrogens (tertiary/aromatic N) is 6. The molecule has 0 saturated heterocycles. The fraction of sp³-hybridized carbons (Fsp3) is 0.323. The molecule has 0 fully saturated rings. The molecular weight excluding hydrogens is 553 g/mol. The minimum atomic E-state index is -0.512. The Labute approximate surface area is 249 Å². The Hall–Kier alpha value is -5.00. The molecule has 0 unspecified atom stereocenters. The first-order chi connectivity index (χ1) is 21.0. The Balaban J connectivity index is 0.000000798. The first kappa shape index (κ1) is 30.9. The smallest absolute Gasteiger partial charge is 0.204 e. The van der Waals surface area contributed by atoms with Gasteiger partial charge in [0.05, 0.1) is 32.4 Å². The molecule has 12 heteroatoms. The predicted molar refractivity (Wildman–Crippen MR) is 162 cm³/mol. The minimum absolute atomic E-state index is 0.0914. The lowest BCUT2D eigenvalue weighted by molar-refractivity contribution is -0.106. The van der Waals surface area contributed by atoms with Gasteiger partial charge in [-0.3, -0.25) is 4.79 Å². The Morgan fingerprint density at radius 2 is 1.86 bits per heavy atom. The first-order valence-corrected chi connectivity index (χ1v) is 14.2. The standard InChI is InChI=1S/C28H27FN6O3.C2H6.CH3NO/c1-3-37-21-13-23-26-24(14-21)38-11-5-4-10-35(26)28(32-23)19-12-22(29)25(30-15-19)27-31-17-34(33-27)16-18-6-8-20(36-2)9-7-18;1-2;2-1-3/h6-9,12-15,17H,3-5,10-11,16H2,1-2H3;1-2H3;1H,(H2,2,3). The van der Waals surface area contributed by atoms with Crippen LogP contribution in [0.3, 0.4) is 0 Å². The van der Waals surface area contributed by atoms with Crippen LogP contribution in [0, 0.1) is 5.82 Å². The Kier molecular flexibility index (Phi) is 10.6. The number of hydrogen-bond acceptors (Lipinski definition) is 8. The number of hydrogen-bond donors (Lipinski definition) is 1. The molecule has 0 aliphatic carbocycles. The van der Waals surface area contributed by atoms with Gasteiger partial charge in [0.1, 0.15) is 40.6 Å². The van der Waals surface area contributed by atoms with Crippen LogP contribution in [-0.2, 0) is 17.9 Å². The number of imidazole rings is 1. The second-order valence-corrected chi connectivity index (χ2v) is 9.17. The third-order valence-corrected chi connectivity index (χ3v) is 6.48. The van der Waals surface area contributed by atoms with Gasteiger partial charge < -0.3 is 24.5 Å². The molecule has 2 aromatic carbocycles. The maximum atomic E-state index is 15.4. The number of amides is 1. The van der Waals surface area contributed by atoms with Crippen molar-refractivity contribution in [1.82, 2.24) is 29.3 Å². The number of halogens is 1. The molecule has 5 aromatic rings. The Morgan fingerprint density at radius 3 is 2.56 bits per heavy atom. The zero-order chi connectivity index (χ0) is 30.8. The summed E-state index contributed by atoms with van der Waals surface area (Å²) in [5, 5.41) is 4.44. The fourth-order valence-electron chi connectivity index (χ4n) is 4.68. The normalized spacial score (nSPS) is 12.0. The van der Waals surface area contributed by atoms with E-state index in [1.807, 2.05) is 57.2 Å². The first-order valence-electron chi connectivity index (χ1n) is 14.2. The average Bonchev–Trinajstić information content (AvgIpc) is 3.62. The number of carbonyl (C=O) groups excluding carboxylic acids is 1. The molecular formula is C31H36FN7O4. The van der Waals surface area contributed by atoms with Crippen molar-refractivity contribution >= 4 is 17.4 Å². The van der Waals surface area contributed by atoms with Crippen molar-refractivity contribution < 1.29 is 23.4 Å². The largest absolute Gasteiger partial charge is 0.497 e. The van der Waals surface area contributed by atoms with E-state index in [-0.39, 0.29) is 17.9 Å². The number of aromatic nitrogens is 6. The van der Waals surface area contributed by atoms with Gasteiger partial charge in [0.25, 0.3) is 0 Å². The van der Waals surface area contributed by atoms with E-state index < -0.39 is 5.82 Å². The number of primary amides is 1. The van der Waals surface area contributed by atoms with Gasteiger partial charge in [-0.1, -0.05) is 26.0 Å². The zero-order valence-corrected chi connectivity index (χ0v) is 24.8. The summed E-state index contributed by atoms with van der Waals surface area (Å²) in [5.41, 5.74) is 7.48. The molecule has 0 bridgehead atoms. The van der Waals surface area contributed by atoms with Crippen LogP contribution in [0.5, 0.6) is 17.2 Å². The Bertz CT molecular complexity index is 1650. The number of aryl methyl sites for hydroxylation is 1. The molecule has 1 aliphatic rings. The summed E-state index contributed by atoms with van der Waals surface area (Å²) >= 11 is 0. The van der Waals surface area contributed by atoms with Crippen molar-refractivity contribution in [2.45, 2.75) is 46.7 Å². The fourth-order valence-corrected chi connectivity index (χ4v) is 4.68. The molecule has 3 aromatic heterocycles. The van der Waals surface area contributed by atoms with E-state index in [4.69, 9.17) is 24.0 Å². The summed E-state index contributed by atoms with van der Waals surface area (Å²) in [6.45, 7) is 8.35. The van der Waals surface area contributed by atoms with Crippen molar-refractivity contribution in [3.05, 3.63) is 66.4 Å². The molecule has 0 saturated carbocycles. The highest BCUT2D eigenvalue weighted by atomic mass is 19.1. The van der Waals surface area contributed by atoms with Gasteiger partial charge >= 0.3 is 0 Å². The topological polar surface area (TPSA) is 132 Å². The van der Waals surface area contributed by atoms with E-state index in [0.29, 0.717) is 36.9 Å². The summed E-state index contributed by atoms with van der Waals surface area (Å²) in [4.78, 5) is 22.1. The number of benzene rings is 2. The highest BCUT2D eigenvalue weighted by Crippen LogP contribution is 2.36. The van der Waals surface area contributed by atoms with E-state index in [9.17, 15) is 0 Å². The molecule has 0 radical (unpaired) electrons. The lowest BCUT2D eigenvalue weighted by atomic mass is 10.2. The second-order valence-electron chi connectivity index (χ2n) is 9.17. The van der Waals surface area contributed by atoms with Gasteiger partial charge in [-0.25, -0.2) is 24.0 Å². The van der Waals surface area contributed by atoms with Crippen LogP contribution in [0.4, 0.5) is 4.39 Å². The summed E-state index contributed by atoms with van der Waals surface area (Å²) < 4.78 is 36.1. The van der Waals surface area contributed by atoms with E-state index in [2.05, 4.69) is 25.4 Å². The molecule has 43 heavy (non-hydrogen) atoms. The highest BCUT2D eigenvalue weighted by molar-refractivity contribution is 5.87. The van der Waals surface area contributed by atoms with Gasteiger partial charge in [-0.05, 0) is 43.5 Å². The molecule has 2 N–H and O–H groups in total. The van der Waals surface area contributed by atoms with Crippen molar-refractivity contribution in [3.63, 3.8) is 0 Å². The van der Waals surface area contributed by atoms with Crippen LogP contribution in [-0.4, -0.2) is 56.0 Å². The van der Waals surface area contributed by atoms with E-state index >= 15 is 4.39 Å². The summed E-state index contributed by atoms with van der Waals surface area (Å²) in [7, 11) is 1.63.